The summed E-state index contributed by atoms with van der Waals surface area (Å²) in [6.07, 6.45) is -4.60. The highest BCUT2D eigenvalue weighted by Crippen LogP contribution is 2.31. The van der Waals surface area contributed by atoms with E-state index in [1.54, 1.807) is 13.8 Å². The highest BCUT2D eigenvalue weighted by Gasteiger charge is 2.37. The first-order valence-corrected chi connectivity index (χ1v) is 12.9. The van der Waals surface area contributed by atoms with Crippen molar-refractivity contribution in [1.82, 2.24) is 21.1 Å². The average Bonchev–Trinajstić information content (AvgIpc) is 3.56. The third-order valence-electron chi connectivity index (χ3n) is 6.18. The molecule has 42 heavy (non-hydrogen) atoms. The van der Waals surface area contributed by atoms with E-state index in [1.807, 2.05) is 0 Å². The first-order chi connectivity index (χ1) is 19.7. The summed E-state index contributed by atoms with van der Waals surface area (Å²) < 4.78 is 61.3. The van der Waals surface area contributed by atoms with E-state index in [0.717, 1.165) is 6.07 Å². The molecule has 0 bridgehead atoms. The third kappa shape index (κ3) is 9.01. The molecule has 1 aromatic heterocycles. The summed E-state index contributed by atoms with van der Waals surface area (Å²) in [4.78, 5) is 63.3. The van der Waals surface area contributed by atoms with Crippen molar-refractivity contribution >= 4 is 35.1 Å². The van der Waals surface area contributed by atoms with Crippen LogP contribution in [0, 0.1) is 17.7 Å². The summed E-state index contributed by atoms with van der Waals surface area (Å²) in [7, 11) is 0. The fourth-order valence-electron chi connectivity index (χ4n) is 4.07. The van der Waals surface area contributed by atoms with Crippen LogP contribution in [0.3, 0.4) is 0 Å². The number of amides is 4. The predicted molar refractivity (Wildman–Crippen MR) is 136 cm³/mol. The minimum Gasteiger partial charge on any atom is -0.467 e. The second-order valence-electron chi connectivity index (χ2n) is 9.95. The monoisotopic (exact) mass is 599 g/mol. The molecule has 0 aliphatic carbocycles. The van der Waals surface area contributed by atoms with Crippen LogP contribution in [0.1, 0.15) is 38.9 Å². The Kier molecular flexibility index (Phi) is 10.6. The standard InChI is InChI=1S/C26H29F4N5O7/c1-13(2)9-18(34-25(40)24(39)32-16-6-4-3-5-15(16)27)23(38)33-17(10-14-7-8-31-22(14)37)19(36)12-41-21-11-20(42-35-21)26(28,29)30/h3-6,11,13-14,17-18H,7-10,12H2,1-2H3,(H,31,37)(H,32,39)(H,33,38)(H,34,40)/t14-,17-,18-/m0/s1. The molecule has 0 unspecified atom stereocenters. The van der Waals surface area contributed by atoms with Crippen molar-refractivity contribution in [3.05, 3.63) is 41.9 Å². The molecule has 3 rings (SSSR count). The number of rotatable bonds is 12. The smallest absolute Gasteiger partial charge is 0.452 e. The number of benzene rings is 1. The number of anilines is 1. The zero-order valence-corrected chi connectivity index (χ0v) is 22.5. The molecule has 4 N–H and O–H groups in total. The second kappa shape index (κ2) is 13.9. The molecule has 2 heterocycles. The van der Waals surface area contributed by atoms with Gasteiger partial charge in [-0.1, -0.05) is 26.0 Å². The van der Waals surface area contributed by atoms with Gasteiger partial charge in [0.25, 0.3) is 5.88 Å². The summed E-state index contributed by atoms with van der Waals surface area (Å²) >= 11 is 0. The minimum atomic E-state index is -4.83. The van der Waals surface area contributed by atoms with Gasteiger partial charge in [-0.2, -0.15) is 13.2 Å². The fraction of sp³-hybridized carbons (Fsp3) is 0.462. The number of halogens is 4. The average molecular weight is 600 g/mol. The van der Waals surface area contributed by atoms with Gasteiger partial charge in [0.1, 0.15) is 11.9 Å². The van der Waals surface area contributed by atoms with Gasteiger partial charge in [0.05, 0.1) is 17.8 Å². The Balaban J connectivity index is 1.71. The number of para-hydroxylation sites is 1. The van der Waals surface area contributed by atoms with Crippen molar-refractivity contribution in [2.24, 2.45) is 11.8 Å². The van der Waals surface area contributed by atoms with E-state index < -0.39 is 71.7 Å². The van der Waals surface area contributed by atoms with Gasteiger partial charge in [-0.05, 0) is 42.5 Å². The maximum atomic E-state index is 13.9. The minimum absolute atomic E-state index is 0.0328. The number of carbonyl (C=O) groups is 5. The quantitative estimate of drug-likeness (QED) is 0.212. The van der Waals surface area contributed by atoms with Gasteiger partial charge >= 0.3 is 18.0 Å². The molecule has 1 aromatic carbocycles. The van der Waals surface area contributed by atoms with Gasteiger partial charge in [-0.25, -0.2) is 4.39 Å². The van der Waals surface area contributed by atoms with Gasteiger partial charge in [0.2, 0.25) is 17.6 Å². The lowest BCUT2D eigenvalue weighted by Crippen LogP contribution is -2.54. The number of Topliss-reactive ketones (excluding diaryl/α,β-unsaturated/α-hetero) is 1. The maximum Gasteiger partial charge on any atom is 0.452 e. The maximum absolute atomic E-state index is 13.9. The highest BCUT2D eigenvalue weighted by molar-refractivity contribution is 6.40. The summed E-state index contributed by atoms with van der Waals surface area (Å²) in [5, 5.41) is 12.5. The molecule has 1 aliphatic rings. The molecule has 0 spiro atoms. The van der Waals surface area contributed by atoms with Gasteiger partial charge < -0.3 is 30.5 Å². The second-order valence-corrected chi connectivity index (χ2v) is 9.95. The van der Waals surface area contributed by atoms with E-state index >= 15 is 0 Å². The zero-order valence-electron chi connectivity index (χ0n) is 22.5. The van der Waals surface area contributed by atoms with Crippen LogP contribution in [0.25, 0.3) is 0 Å². The Morgan fingerprint density at radius 2 is 1.83 bits per heavy atom. The van der Waals surface area contributed by atoms with Crippen molar-refractivity contribution in [2.75, 3.05) is 18.5 Å². The molecule has 3 atom stereocenters. The number of ether oxygens (including phenoxy) is 1. The number of nitrogens with one attached hydrogen (secondary N) is 4. The lowest BCUT2D eigenvalue weighted by Gasteiger charge is -2.25. The van der Waals surface area contributed by atoms with E-state index in [0.29, 0.717) is 19.0 Å². The van der Waals surface area contributed by atoms with Gasteiger partial charge in [-0.15, -0.1) is 0 Å². The van der Waals surface area contributed by atoms with Crippen molar-refractivity contribution in [1.29, 1.82) is 0 Å². The van der Waals surface area contributed by atoms with Crippen molar-refractivity contribution in [3.63, 3.8) is 0 Å². The molecule has 0 radical (unpaired) electrons. The number of aromatic nitrogens is 1. The molecule has 2 aromatic rings. The van der Waals surface area contributed by atoms with Gasteiger partial charge in [-0.3, -0.25) is 24.0 Å². The van der Waals surface area contributed by atoms with Crippen molar-refractivity contribution in [3.8, 4) is 5.88 Å². The molecule has 0 saturated carbocycles. The largest absolute Gasteiger partial charge is 0.467 e. The molecule has 4 amide bonds. The van der Waals surface area contributed by atoms with Crippen LogP contribution in [0.5, 0.6) is 5.88 Å². The zero-order chi connectivity index (χ0) is 31.0. The van der Waals surface area contributed by atoms with Crippen molar-refractivity contribution < 1.29 is 50.8 Å². The Labute approximate surface area is 236 Å². The lowest BCUT2D eigenvalue weighted by molar-refractivity contribution is -0.155. The van der Waals surface area contributed by atoms with Crippen LogP contribution in [0.2, 0.25) is 0 Å². The topological polar surface area (TPSA) is 169 Å². The summed E-state index contributed by atoms with van der Waals surface area (Å²) in [5.74, 6) is -8.19. The van der Waals surface area contributed by atoms with Crippen LogP contribution < -0.4 is 26.0 Å². The van der Waals surface area contributed by atoms with Crippen LogP contribution in [0.4, 0.5) is 23.2 Å². The van der Waals surface area contributed by atoms with Crippen LogP contribution in [0.15, 0.2) is 34.9 Å². The predicted octanol–water partition coefficient (Wildman–Crippen LogP) is 1.96. The lowest BCUT2D eigenvalue weighted by atomic mass is 9.95. The number of carbonyl (C=O) groups excluding carboxylic acids is 5. The Morgan fingerprint density at radius 1 is 1.12 bits per heavy atom. The normalized spacial score (nSPS) is 16.4. The van der Waals surface area contributed by atoms with E-state index in [9.17, 15) is 41.5 Å². The van der Waals surface area contributed by atoms with Gasteiger partial charge in [0, 0.05) is 12.5 Å². The number of nitrogens with zero attached hydrogens (tertiary/aromatic N) is 1. The van der Waals surface area contributed by atoms with E-state index in [4.69, 9.17) is 4.74 Å². The third-order valence-corrected chi connectivity index (χ3v) is 6.18. The van der Waals surface area contributed by atoms with E-state index in [1.165, 1.54) is 18.2 Å². The first-order valence-electron chi connectivity index (χ1n) is 12.9. The molecular weight excluding hydrogens is 570 g/mol. The first kappa shape index (κ1) is 32.0. The molecule has 1 aliphatic heterocycles. The molecule has 228 valence electrons. The number of ketones is 1. The Morgan fingerprint density at radius 3 is 2.43 bits per heavy atom. The van der Waals surface area contributed by atoms with E-state index in [2.05, 4.69) is 30.9 Å². The molecule has 16 heteroatoms. The number of hydrogen-bond acceptors (Lipinski definition) is 8. The molecule has 1 fully saturated rings. The van der Waals surface area contributed by atoms with Crippen LogP contribution >= 0.6 is 0 Å². The summed E-state index contributed by atoms with van der Waals surface area (Å²) in [6.45, 7) is 2.99. The summed E-state index contributed by atoms with van der Waals surface area (Å²) in [6, 6.07) is 2.92. The summed E-state index contributed by atoms with van der Waals surface area (Å²) in [5.41, 5.74) is -0.252. The molecule has 1 saturated heterocycles. The number of alkyl halides is 3. The van der Waals surface area contributed by atoms with Gasteiger partial charge in [0.15, 0.2) is 12.4 Å². The van der Waals surface area contributed by atoms with E-state index in [-0.39, 0.29) is 30.4 Å². The number of hydrogen-bond donors (Lipinski definition) is 4. The molecule has 12 nitrogen and oxygen atoms in total. The highest BCUT2D eigenvalue weighted by atomic mass is 19.4. The van der Waals surface area contributed by atoms with Crippen molar-refractivity contribution in [2.45, 2.75) is 51.4 Å². The van der Waals surface area contributed by atoms with Crippen LogP contribution in [-0.4, -0.2) is 59.8 Å². The molecular formula is C26H29F4N5O7. The SMILES string of the molecule is CC(C)C[C@H](NC(=O)C(=O)Nc1ccccc1F)C(=O)N[C@@H](C[C@@H]1CCNC1=O)C(=O)COc1cc(C(F)(F)F)on1. The Hall–Kier alpha value is -4.50. The van der Waals surface area contributed by atoms with Crippen LogP contribution in [-0.2, 0) is 30.1 Å². The fourth-order valence-corrected chi connectivity index (χ4v) is 4.07. The Bertz CT molecular complexity index is 1310.